The Morgan fingerprint density at radius 2 is 1.88 bits per heavy atom. The summed E-state index contributed by atoms with van der Waals surface area (Å²) in [6.07, 6.45) is 4.48. The maximum absolute atomic E-state index is 12.3. The Morgan fingerprint density at radius 3 is 2.56 bits per heavy atom. The first-order valence-electron chi connectivity index (χ1n) is 9.20. The van der Waals surface area contributed by atoms with E-state index in [0.717, 1.165) is 44.5 Å². The summed E-state index contributed by atoms with van der Waals surface area (Å²) >= 11 is 0. The van der Waals surface area contributed by atoms with Gasteiger partial charge in [0, 0.05) is 38.4 Å². The number of hydrogen-bond acceptors (Lipinski definition) is 5. The smallest absolute Gasteiger partial charge is 0.234 e. The third-order valence-corrected chi connectivity index (χ3v) is 4.79. The van der Waals surface area contributed by atoms with Gasteiger partial charge in [-0.05, 0) is 31.7 Å². The van der Waals surface area contributed by atoms with E-state index in [1.807, 2.05) is 12.1 Å². The van der Waals surface area contributed by atoms with Crippen LogP contribution in [0.1, 0.15) is 31.2 Å². The third-order valence-electron chi connectivity index (χ3n) is 4.79. The molecule has 2 saturated heterocycles. The van der Waals surface area contributed by atoms with Crippen LogP contribution in [0.25, 0.3) is 0 Å². The summed E-state index contributed by atoms with van der Waals surface area (Å²) in [5.74, 6) is 0.253. The lowest BCUT2D eigenvalue weighted by atomic mass is 10.1. The maximum Gasteiger partial charge on any atom is 0.234 e. The van der Waals surface area contributed by atoms with Crippen LogP contribution in [0.2, 0.25) is 0 Å². The second-order valence-electron chi connectivity index (χ2n) is 6.87. The van der Waals surface area contributed by atoms with Crippen molar-refractivity contribution < 1.29 is 19.4 Å². The van der Waals surface area contributed by atoms with Crippen molar-refractivity contribution in [3.63, 3.8) is 0 Å². The first kappa shape index (κ1) is 18.2. The van der Waals surface area contributed by atoms with Crippen LogP contribution in [0.15, 0.2) is 24.3 Å². The highest BCUT2D eigenvalue weighted by Crippen LogP contribution is 2.20. The molecule has 2 aliphatic rings. The van der Waals surface area contributed by atoms with Gasteiger partial charge in [-0.15, -0.1) is 0 Å². The normalized spacial score (nSPS) is 23.2. The van der Waals surface area contributed by atoms with E-state index in [0.29, 0.717) is 26.2 Å². The molecule has 3 rings (SSSR count). The lowest BCUT2D eigenvalue weighted by Crippen LogP contribution is -2.42. The highest BCUT2D eigenvalue weighted by Gasteiger charge is 2.22. The van der Waals surface area contributed by atoms with Gasteiger partial charge in [0.25, 0.3) is 0 Å². The van der Waals surface area contributed by atoms with Gasteiger partial charge in [-0.3, -0.25) is 9.69 Å². The lowest BCUT2D eigenvalue weighted by molar-refractivity contribution is -0.123. The van der Waals surface area contributed by atoms with Crippen LogP contribution in [0, 0.1) is 0 Å². The molecule has 0 bridgehead atoms. The van der Waals surface area contributed by atoms with Crippen LogP contribution in [-0.4, -0.2) is 61.0 Å². The number of carbonyl (C=O) groups is 1. The van der Waals surface area contributed by atoms with E-state index in [9.17, 15) is 9.90 Å². The number of phenolic OH excluding ortho intramolecular Hbond substituents is 1. The Labute approximate surface area is 149 Å². The summed E-state index contributed by atoms with van der Waals surface area (Å²) < 4.78 is 11.3. The zero-order valence-electron chi connectivity index (χ0n) is 14.7. The molecule has 0 spiro atoms. The molecule has 1 amide bonds. The highest BCUT2D eigenvalue weighted by atomic mass is 16.5. The van der Waals surface area contributed by atoms with E-state index in [1.54, 1.807) is 12.1 Å². The Hall–Kier alpha value is -1.63. The molecule has 138 valence electrons. The molecule has 2 unspecified atom stereocenters. The molecule has 1 aromatic carbocycles. The Bertz CT molecular complexity index is 554. The monoisotopic (exact) mass is 348 g/mol. The van der Waals surface area contributed by atoms with Gasteiger partial charge < -0.3 is 19.9 Å². The molecule has 2 aliphatic heterocycles. The molecular formula is C19H28N2O4. The van der Waals surface area contributed by atoms with Crippen LogP contribution >= 0.6 is 0 Å². The predicted octanol–water partition coefficient (Wildman–Crippen LogP) is 1.67. The van der Waals surface area contributed by atoms with Crippen LogP contribution in [0.4, 0.5) is 0 Å². The molecule has 0 radical (unpaired) electrons. The van der Waals surface area contributed by atoms with Crippen LogP contribution in [0.5, 0.6) is 5.75 Å². The summed E-state index contributed by atoms with van der Waals surface area (Å²) in [6, 6.07) is 7.27. The fourth-order valence-electron chi connectivity index (χ4n) is 3.44. The Morgan fingerprint density at radius 1 is 1.16 bits per heavy atom. The number of nitrogens with one attached hydrogen (secondary N) is 1. The topological polar surface area (TPSA) is 71.0 Å². The number of aromatic hydroxyl groups is 1. The standard InChI is InChI=1S/C19H28N2O4/c22-18-8-2-1-5-15(18)12-21(13-17-7-4-10-25-17)14-19(23)20-11-16-6-3-9-24-16/h1-2,5,8,16-17,22H,3-4,6-7,9-14H2,(H,20,23). The van der Waals surface area contributed by atoms with E-state index in [2.05, 4.69) is 10.2 Å². The SMILES string of the molecule is O=C(CN(Cc1ccccc1O)CC1CCCO1)NCC1CCCO1. The number of amides is 1. The van der Waals surface area contributed by atoms with Gasteiger partial charge in [0.05, 0.1) is 18.8 Å². The zero-order chi connectivity index (χ0) is 17.5. The zero-order valence-corrected chi connectivity index (χ0v) is 14.7. The number of carbonyl (C=O) groups excluding carboxylic acids is 1. The third kappa shape index (κ3) is 5.70. The number of hydrogen-bond donors (Lipinski definition) is 2. The summed E-state index contributed by atoms with van der Waals surface area (Å²) in [5.41, 5.74) is 0.826. The Balaban J connectivity index is 1.54. The second kappa shape index (κ2) is 9.17. The summed E-state index contributed by atoms with van der Waals surface area (Å²) in [6.45, 7) is 3.67. The minimum absolute atomic E-state index is 0.0103. The first-order valence-corrected chi connectivity index (χ1v) is 9.20. The minimum atomic E-state index is -0.0103. The summed E-state index contributed by atoms with van der Waals surface area (Å²) in [4.78, 5) is 14.4. The minimum Gasteiger partial charge on any atom is -0.508 e. The van der Waals surface area contributed by atoms with Crippen molar-refractivity contribution >= 4 is 5.91 Å². The number of rotatable bonds is 8. The van der Waals surface area contributed by atoms with Gasteiger partial charge in [0.1, 0.15) is 5.75 Å². The Kier molecular flexibility index (Phi) is 6.67. The second-order valence-corrected chi connectivity index (χ2v) is 6.87. The van der Waals surface area contributed by atoms with Gasteiger partial charge in [-0.2, -0.15) is 0 Å². The molecule has 6 heteroatoms. The van der Waals surface area contributed by atoms with Crippen LogP contribution in [0.3, 0.4) is 0 Å². The molecular weight excluding hydrogens is 320 g/mol. The van der Waals surface area contributed by atoms with Crippen LogP contribution < -0.4 is 5.32 Å². The quantitative estimate of drug-likeness (QED) is 0.748. The molecule has 1 aromatic rings. The van der Waals surface area contributed by atoms with Crippen molar-refractivity contribution in [2.75, 3.05) is 32.8 Å². The van der Waals surface area contributed by atoms with Gasteiger partial charge >= 0.3 is 0 Å². The number of benzene rings is 1. The molecule has 2 heterocycles. The van der Waals surface area contributed by atoms with Crippen molar-refractivity contribution in [1.29, 1.82) is 0 Å². The van der Waals surface area contributed by atoms with Gasteiger partial charge in [0.15, 0.2) is 0 Å². The predicted molar refractivity (Wildman–Crippen MR) is 94.3 cm³/mol. The molecule has 2 N–H and O–H groups in total. The van der Waals surface area contributed by atoms with Crippen molar-refractivity contribution in [2.24, 2.45) is 0 Å². The fourth-order valence-corrected chi connectivity index (χ4v) is 3.44. The van der Waals surface area contributed by atoms with E-state index in [-0.39, 0.29) is 23.9 Å². The fraction of sp³-hybridized carbons (Fsp3) is 0.632. The molecule has 0 aromatic heterocycles. The number of phenols is 1. The van der Waals surface area contributed by atoms with Crippen molar-refractivity contribution in [3.05, 3.63) is 29.8 Å². The lowest BCUT2D eigenvalue weighted by Gasteiger charge is -2.25. The van der Waals surface area contributed by atoms with Gasteiger partial charge in [-0.25, -0.2) is 0 Å². The number of ether oxygens (including phenoxy) is 2. The molecule has 2 fully saturated rings. The molecule has 6 nitrogen and oxygen atoms in total. The van der Waals surface area contributed by atoms with Gasteiger partial charge in [-0.1, -0.05) is 18.2 Å². The number of para-hydroxylation sites is 1. The molecule has 0 aliphatic carbocycles. The largest absolute Gasteiger partial charge is 0.508 e. The van der Waals surface area contributed by atoms with E-state index < -0.39 is 0 Å². The average molecular weight is 348 g/mol. The van der Waals surface area contributed by atoms with Crippen LogP contribution in [-0.2, 0) is 20.8 Å². The maximum atomic E-state index is 12.3. The van der Waals surface area contributed by atoms with Crippen molar-refractivity contribution in [3.8, 4) is 5.75 Å². The number of nitrogens with zero attached hydrogens (tertiary/aromatic N) is 1. The average Bonchev–Trinajstić information content (AvgIpc) is 3.28. The van der Waals surface area contributed by atoms with Crippen molar-refractivity contribution in [2.45, 2.75) is 44.4 Å². The molecule has 2 atom stereocenters. The molecule has 25 heavy (non-hydrogen) atoms. The van der Waals surface area contributed by atoms with Gasteiger partial charge in [0.2, 0.25) is 5.91 Å². The van der Waals surface area contributed by atoms with E-state index in [4.69, 9.17) is 9.47 Å². The summed E-state index contributed by atoms with van der Waals surface area (Å²) in [7, 11) is 0. The summed E-state index contributed by atoms with van der Waals surface area (Å²) in [5, 5.41) is 13.0. The van der Waals surface area contributed by atoms with Crippen molar-refractivity contribution in [1.82, 2.24) is 10.2 Å². The van der Waals surface area contributed by atoms with E-state index >= 15 is 0 Å². The van der Waals surface area contributed by atoms with E-state index in [1.165, 1.54) is 0 Å². The molecule has 0 saturated carbocycles. The highest BCUT2D eigenvalue weighted by molar-refractivity contribution is 5.78. The first-order chi connectivity index (χ1) is 12.2.